The molecular weight excluding hydrogens is 384 g/mol. The van der Waals surface area contributed by atoms with Crippen molar-refractivity contribution in [2.75, 3.05) is 19.0 Å². The second-order valence-electron chi connectivity index (χ2n) is 6.37. The van der Waals surface area contributed by atoms with Crippen LogP contribution in [0.2, 0.25) is 0 Å². The molecule has 152 valence electrons. The van der Waals surface area contributed by atoms with Crippen LogP contribution >= 0.6 is 0 Å². The third kappa shape index (κ3) is 5.23. The van der Waals surface area contributed by atoms with Crippen LogP contribution in [0.3, 0.4) is 0 Å². The lowest BCUT2D eigenvalue weighted by molar-refractivity contribution is -0.142. The predicted molar refractivity (Wildman–Crippen MR) is 114 cm³/mol. The highest BCUT2D eigenvalue weighted by molar-refractivity contribution is 6.03. The highest BCUT2D eigenvalue weighted by Crippen LogP contribution is 2.22. The zero-order valence-electron chi connectivity index (χ0n) is 16.3. The first-order chi connectivity index (χ1) is 14.5. The van der Waals surface area contributed by atoms with Crippen molar-refractivity contribution in [2.45, 2.75) is 0 Å². The number of carbonyl (C=O) groups is 3. The lowest BCUT2D eigenvalue weighted by Crippen LogP contribution is -2.22. The highest BCUT2D eigenvalue weighted by Gasteiger charge is 2.11. The maximum Gasteiger partial charge on any atom is 0.331 e. The Morgan fingerprint density at radius 1 is 1.00 bits per heavy atom. The molecule has 7 nitrogen and oxygen atoms in total. The third-order valence-corrected chi connectivity index (χ3v) is 4.30. The third-order valence-electron chi connectivity index (χ3n) is 4.30. The van der Waals surface area contributed by atoms with Gasteiger partial charge in [0.2, 0.25) is 0 Å². The molecule has 3 aromatic rings. The number of fused-ring (bicyclic) bond motifs is 1. The Balaban J connectivity index is 1.56. The minimum atomic E-state index is -0.667. The van der Waals surface area contributed by atoms with Crippen molar-refractivity contribution < 1.29 is 23.9 Å². The van der Waals surface area contributed by atoms with Crippen LogP contribution in [-0.4, -0.2) is 31.5 Å². The number of nitrogens with one attached hydrogen (secondary N) is 1. The normalized spacial score (nSPS) is 10.7. The van der Waals surface area contributed by atoms with E-state index in [1.54, 1.807) is 25.3 Å². The van der Waals surface area contributed by atoms with Gasteiger partial charge in [-0.2, -0.15) is 0 Å². The zero-order valence-corrected chi connectivity index (χ0v) is 16.3. The van der Waals surface area contributed by atoms with E-state index >= 15 is 0 Å². The summed E-state index contributed by atoms with van der Waals surface area (Å²) in [6.45, 7) is -0.492. The first-order valence-corrected chi connectivity index (χ1v) is 9.07. The van der Waals surface area contributed by atoms with E-state index in [1.165, 1.54) is 18.2 Å². The summed E-state index contributed by atoms with van der Waals surface area (Å²) in [6, 6.07) is 17.7. The second kappa shape index (κ2) is 9.38. The van der Waals surface area contributed by atoms with Gasteiger partial charge in [-0.05, 0) is 52.7 Å². The van der Waals surface area contributed by atoms with Crippen molar-refractivity contribution in [3.8, 4) is 5.75 Å². The Morgan fingerprint density at radius 3 is 2.50 bits per heavy atom. The van der Waals surface area contributed by atoms with Gasteiger partial charge >= 0.3 is 5.97 Å². The summed E-state index contributed by atoms with van der Waals surface area (Å²) in [6.07, 6.45) is 2.85. The number of amides is 2. The van der Waals surface area contributed by atoms with Crippen molar-refractivity contribution >= 4 is 40.3 Å². The molecule has 0 saturated carbocycles. The van der Waals surface area contributed by atoms with E-state index < -0.39 is 24.4 Å². The van der Waals surface area contributed by atoms with Gasteiger partial charge in [0.25, 0.3) is 11.8 Å². The number of methoxy groups -OCH3 is 1. The average molecular weight is 404 g/mol. The van der Waals surface area contributed by atoms with Crippen LogP contribution in [0.15, 0.2) is 66.7 Å². The molecule has 0 aliphatic heterocycles. The SMILES string of the molecule is COc1ccc2cc(/C=C/C(=O)OCC(=O)Nc3ccccc3C(N)=O)ccc2c1. The highest BCUT2D eigenvalue weighted by atomic mass is 16.5. The van der Waals surface area contributed by atoms with Crippen molar-refractivity contribution in [3.05, 3.63) is 77.9 Å². The fraction of sp³-hybridized carbons (Fsp3) is 0.0870. The van der Waals surface area contributed by atoms with Crippen molar-refractivity contribution in [1.29, 1.82) is 0 Å². The van der Waals surface area contributed by atoms with Gasteiger partial charge < -0.3 is 20.5 Å². The Labute approximate surface area is 173 Å². The molecule has 0 aromatic heterocycles. The summed E-state index contributed by atoms with van der Waals surface area (Å²) in [5.74, 6) is -1.14. The molecule has 3 N–H and O–H groups in total. The Bertz CT molecular complexity index is 1140. The topological polar surface area (TPSA) is 108 Å². The number of benzene rings is 3. The van der Waals surface area contributed by atoms with E-state index in [9.17, 15) is 14.4 Å². The summed E-state index contributed by atoms with van der Waals surface area (Å²) in [4.78, 5) is 35.3. The summed E-state index contributed by atoms with van der Waals surface area (Å²) in [5.41, 5.74) is 6.51. The minimum Gasteiger partial charge on any atom is -0.497 e. The molecule has 0 saturated heterocycles. The molecule has 0 fully saturated rings. The van der Waals surface area contributed by atoms with E-state index in [-0.39, 0.29) is 11.3 Å². The van der Waals surface area contributed by atoms with Gasteiger partial charge in [-0.1, -0.05) is 30.3 Å². The minimum absolute atomic E-state index is 0.172. The van der Waals surface area contributed by atoms with Crippen LogP contribution in [0.25, 0.3) is 16.8 Å². The Morgan fingerprint density at radius 2 is 1.73 bits per heavy atom. The van der Waals surface area contributed by atoms with Crippen LogP contribution in [0.1, 0.15) is 15.9 Å². The van der Waals surface area contributed by atoms with Crippen molar-refractivity contribution in [3.63, 3.8) is 0 Å². The van der Waals surface area contributed by atoms with Crippen LogP contribution in [0, 0.1) is 0 Å². The van der Waals surface area contributed by atoms with Gasteiger partial charge in [-0.3, -0.25) is 9.59 Å². The molecule has 0 radical (unpaired) electrons. The largest absolute Gasteiger partial charge is 0.497 e. The quantitative estimate of drug-likeness (QED) is 0.465. The van der Waals surface area contributed by atoms with Gasteiger partial charge in [0.1, 0.15) is 5.75 Å². The molecule has 0 bridgehead atoms. The van der Waals surface area contributed by atoms with Gasteiger partial charge in [0.15, 0.2) is 6.61 Å². The number of ether oxygens (including phenoxy) is 2. The number of hydrogen-bond acceptors (Lipinski definition) is 5. The molecule has 3 aromatic carbocycles. The molecule has 0 aliphatic rings. The summed E-state index contributed by atoms with van der Waals surface area (Å²) in [5, 5.41) is 4.51. The molecule has 7 heteroatoms. The fourth-order valence-electron chi connectivity index (χ4n) is 2.82. The summed E-state index contributed by atoms with van der Waals surface area (Å²) in [7, 11) is 1.61. The Hall–Kier alpha value is -4.13. The number of rotatable bonds is 7. The molecule has 0 atom stereocenters. The van der Waals surface area contributed by atoms with Crippen LogP contribution in [-0.2, 0) is 14.3 Å². The van der Waals surface area contributed by atoms with Crippen molar-refractivity contribution in [1.82, 2.24) is 0 Å². The maximum atomic E-state index is 12.0. The molecule has 0 aliphatic carbocycles. The van der Waals surface area contributed by atoms with Crippen LogP contribution in [0.4, 0.5) is 5.69 Å². The summed E-state index contributed by atoms with van der Waals surface area (Å²) >= 11 is 0. The number of carbonyl (C=O) groups excluding carboxylic acids is 3. The second-order valence-corrected chi connectivity index (χ2v) is 6.37. The standard InChI is InChI=1S/C23H20N2O5/c1-29-18-10-9-16-12-15(6-8-17(16)13-18)7-11-22(27)30-14-21(26)25-20-5-3-2-4-19(20)23(24)28/h2-13H,14H2,1H3,(H2,24,28)(H,25,26)/b11-7+. The summed E-state index contributed by atoms with van der Waals surface area (Å²) < 4.78 is 10.1. The lowest BCUT2D eigenvalue weighted by Gasteiger charge is -2.08. The zero-order chi connectivity index (χ0) is 21.5. The fourth-order valence-corrected chi connectivity index (χ4v) is 2.82. The predicted octanol–water partition coefficient (Wildman–Crippen LogP) is 3.14. The molecule has 0 heterocycles. The monoisotopic (exact) mass is 404 g/mol. The molecule has 0 unspecified atom stereocenters. The molecular formula is C23H20N2O5. The number of nitrogens with two attached hydrogens (primary N) is 1. The Kier molecular flexibility index (Phi) is 6.44. The number of primary amides is 1. The number of para-hydroxylation sites is 1. The molecule has 3 rings (SSSR count). The first-order valence-electron chi connectivity index (χ1n) is 9.07. The van der Waals surface area contributed by atoms with E-state index in [0.717, 1.165) is 22.1 Å². The lowest BCUT2D eigenvalue weighted by atomic mass is 10.1. The maximum absolute atomic E-state index is 12.0. The van der Waals surface area contributed by atoms with E-state index in [0.29, 0.717) is 0 Å². The molecule has 2 amide bonds. The van der Waals surface area contributed by atoms with Crippen molar-refractivity contribution in [2.24, 2.45) is 5.73 Å². The first kappa shape index (κ1) is 20.6. The number of esters is 1. The number of hydrogen-bond donors (Lipinski definition) is 2. The van der Waals surface area contributed by atoms with E-state index in [4.69, 9.17) is 15.2 Å². The number of anilines is 1. The van der Waals surface area contributed by atoms with E-state index in [2.05, 4.69) is 5.32 Å². The van der Waals surface area contributed by atoms with Gasteiger partial charge in [-0.15, -0.1) is 0 Å². The van der Waals surface area contributed by atoms with Gasteiger partial charge in [-0.25, -0.2) is 4.79 Å². The van der Waals surface area contributed by atoms with E-state index in [1.807, 2.05) is 36.4 Å². The van der Waals surface area contributed by atoms with Crippen LogP contribution in [0.5, 0.6) is 5.75 Å². The van der Waals surface area contributed by atoms with Gasteiger partial charge in [0, 0.05) is 6.08 Å². The van der Waals surface area contributed by atoms with Crippen LogP contribution < -0.4 is 15.8 Å². The van der Waals surface area contributed by atoms with Gasteiger partial charge in [0.05, 0.1) is 18.4 Å². The molecule has 30 heavy (non-hydrogen) atoms. The smallest absolute Gasteiger partial charge is 0.331 e. The molecule has 0 spiro atoms. The average Bonchev–Trinajstić information content (AvgIpc) is 2.76.